The fourth-order valence-electron chi connectivity index (χ4n) is 1.79. The largest absolute Gasteiger partial charge is 0.326 e. The highest BCUT2D eigenvalue weighted by Gasteiger charge is 2.05. The second-order valence-electron chi connectivity index (χ2n) is 4.03. The van der Waals surface area contributed by atoms with Crippen LogP contribution in [0, 0.1) is 13.8 Å². The first-order valence-corrected chi connectivity index (χ1v) is 5.44. The van der Waals surface area contributed by atoms with Crippen LogP contribution in [0.2, 0.25) is 0 Å². The number of pyridine rings is 1. The Morgan fingerprint density at radius 3 is 2.62 bits per heavy atom. The summed E-state index contributed by atoms with van der Waals surface area (Å²) < 4.78 is 0. The molecule has 0 fully saturated rings. The van der Waals surface area contributed by atoms with Crippen LogP contribution < -0.4 is 5.73 Å². The molecule has 2 heteroatoms. The summed E-state index contributed by atoms with van der Waals surface area (Å²) >= 11 is 0. The van der Waals surface area contributed by atoms with Gasteiger partial charge in [0.25, 0.3) is 0 Å². The van der Waals surface area contributed by atoms with Crippen molar-refractivity contribution in [1.82, 2.24) is 4.98 Å². The van der Waals surface area contributed by atoms with E-state index in [9.17, 15) is 0 Å². The van der Waals surface area contributed by atoms with Crippen LogP contribution in [0.15, 0.2) is 36.4 Å². The average Bonchev–Trinajstić information content (AvgIpc) is 2.29. The van der Waals surface area contributed by atoms with Crippen LogP contribution in [0.5, 0.6) is 0 Å². The number of aromatic nitrogens is 1. The minimum atomic E-state index is 0.524. The first-order valence-electron chi connectivity index (χ1n) is 5.44. The minimum absolute atomic E-state index is 0.524. The van der Waals surface area contributed by atoms with Crippen molar-refractivity contribution in [1.29, 1.82) is 0 Å². The lowest BCUT2D eigenvalue weighted by Crippen LogP contribution is -2.01. The zero-order valence-electron chi connectivity index (χ0n) is 9.70. The number of hydrogen-bond donors (Lipinski definition) is 1. The van der Waals surface area contributed by atoms with E-state index in [1.54, 1.807) is 0 Å². The first kappa shape index (κ1) is 10.8. The Morgan fingerprint density at radius 2 is 1.94 bits per heavy atom. The maximum atomic E-state index is 5.74. The lowest BCUT2D eigenvalue weighted by molar-refractivity contribution is 1.04. The van der Waals surface area contributed by atoms with Crippen LogP contribution in [-0.4, -0.2) is 4.98 Å². The molecule has 2 N–H and O–H groups in total. The summed E-state index contributed by atoms with van der Waals surface area (Å²) in [6, 6.07) is 12.4. The molecule has 0 saturated heterocycles. The normalized spacial score (nSPS) is 10.4. The van der Waals surface area contributed by atoms with Crippen molar-refractivity contribution >= 4 is 0 Å². The van der Waals surface area contributed by atoms with Gasteiger partial charge < -0.3 is 5.73 Å². The van der Waals surface area contributed by atoms with E-state index in [0.29, 0.717) is 6.54 Å². The molecule has 0 saturated carbocycles. The van der Waals surface area contributed by atoms with Gasteiger partial charge in [0.2, 0.25) is 0 Å². The van der Waals surface area contributed by atoms with Gasteiger partial charge >= 0.3 is 0 Å². The molecule has 1 aromatic heterocycles. The van der Waals surface area contributed by atoms with Crippen LogP contribution in [0.4, 0.5) is 0 Å². The van der Waals surface area contributed by atoms with Gasteiger partial charge in [-0.15, -0.1) is 0 Å². The predicted molar refractivity (Wildman–Crippen MR) is 67.0 cm³/mol. The molecule has 2 nitrogen and oxygen atoms in total. The Morgan fingerprint density at radius 1 is 1.12 bits per heavy atom. The molecule has 1 aromatic carbocycles. The predicted octanol–water partition coefficient (Wildman–Crippen LogP) is 2.82. The molecule has 0 radical (unpaired) electrons. The third-order valence-electron chi connectivity index (χ3n) is 2.63. The minimum Gasteiger partial charge on any atom is -0.326 e. The summed E-state index contributed by atoms with van der Waals surface area (Å²) in [6.07, 6.45) is 0. The smallest absolute Gasteiger partial charge is 0.0750 e. The summed E-state index contributed by atoms with van der Waals surface area (Å²) in [7, 11) is 0. The van der Waals surface area contributed by atoms with Crippen LogP contribution in [0.3, 0.4) is 0 Å². The number of hydrogen-bond acceptors (Lipinski definition) is 2. The molecule has 0 unspecified atom stereocenters. The van der Waals surface area contributed by atoms with E-state index in [1.165, 1.54) is 5.56 Å². The van der Waals surface area contributed by atoms with E-state index in [2.05, 4.69) is 42.2 Å². The van der Waals surface area contributed by atoms with Crippen LogP contribution >= 0.6 is 0 Å². The van der Waals surface area contributed by atoms with Crippen molar-refractivity contribution in [2.24, 2.45) is 5.73 Å². The summed E-state index contributed by atoms with van der Waals surface area (Å²) in [6.45, 7) is 4.61. The Labute approximate surface area is 96.1 Å². The zero-order valence-corrected chi connectivity index (χ0v) is 9.70. The summed E-state index contributed by atoms with van der Waals surface area (Å²) in [5.74, 6) is 0. The van der Waals surface area contributed by atoms with Gasteiger partial charge in [0.15, 0.2) is 0 Å². The van der Waals surface area contributed by atoms with Gasteiger partial charge in [-0.05, 0) is 31.5 Å². The van der Waals surface area contributed by atoms with Crippen molar-refractivity contribution in [2.75, 3.05) is 0 Å². The average molecular weight is 212 g/mol. The summed E-state index contributed by atoms with van der Waals surface area (Å²) in [5.41, 5.74) is 11.2. The fourth-order valence-corrected chi connectivity index (χ4v) is 1.79. The second-order valence-corrected chi connectivity index (χ2v) is 4.03. The molecule has 0 amide bonds. The van der Waals surface area contributed by atoms with E-state index in [1.807, 2.05) is 13.0 Å². The molecule has 1 heterocycles. The molecule has 0 aliphatic heterocycles. The van der Waals surface area contributed by atoms with Gasteiger partial charge in [-0.2, -0.15) is 0 Å². The number of nitrogens with zero attached hydrogens (tertiary/aromatic N) is 1. The van der Waals surface area contributed by atoms with Gasteiger partial charge in [-0.3, -0.25) is 4.98 Å². The van der Waals surface area contributed by atoms with Gasteiger partial charge in [-0.25, -0.2) is 0 Å². The number of nitrogens with two attached hydrogens (primary N) is 1. The highest BCUT2D eigenvalue weighted by Crippen LogP contribution is 2.22. The van der Waals surface area contributed by atoms with Gasteiger partial charge in [0, 0.05) is 17.8 Å². The topological polar surface area (TPSA) is 38.9 Å². The maximum absolute atomic E-state index is 5.74. The van der Waals surface area contributed by atoms with Gasteiger partial charge in [0.1, 0.15) is 0 Å². The van der Waals surface area contributed by atoms with Crippen LogP contribution in [0.1, 0.15) is 16.8 Å². The molecule has 0 spiro atoms. The third kappa shape index (κ3) is 2.12. The Bertz CT molecular complexity index is 504. The van der Waals surface area contributed by atoms with Crippen molar-refractivity contribution in [3.05, 3.63) is 53.2 Å². The lowest BCUT2D eigenvalue weighted by atomic mass is 10.0. The Hall–Kier alpha value is -1.67. The van der Waals surface area contributed by atoms with Crippen molar-refractivity contribution < 1.29 is 0 Å². The van der Waals surface area contributed by atoms with Gasteiger partial charge in [0.05, 0.1) is 5.69 Å². The summed E-state index contributed by atoms with van der Waals surface area (Å²) in [4.78, 5) is 4.58. The highest BCUT2D eigenvalue weighted by molar-refractivity contribution is 5.64. The Kier molecular flexibility index (Phi) is 3.02. The fraction of sp³-hybridized carbons (Fsp3) is 0.214. The van der Waals surface area contributed by atoms with Crippen LogP contribution in [-0.2, 0) is 6.54 Å². The molecule has 2 rings (SSSR count). The molecular weight excluding hydrogens is 196 g/mol. The molecule has 0 atom stereocenters. The summed E-state index contributed by atoms with van der Waals surface area (Å²) in [5, 5.41) is 0. The number of aryl methyl sites for hydroxylation is 2. The SMILES string of the molecule is Cc1cccc(-c2nc(C)ccc2CN)c1. The highest BCUT2D eigenvalue weighted by atomic mass is 14.7. The quantitative estimate of drug-likeness (QED) is 0.831. The zero-order chi connectivity index (χ0) is 11.5. The maximum Gasteiger partial charge on any atom is 0.0750 e. The van der Waals surface area contributed by atoms with E-state index >= 15 is 0 Å². The molecule has 0 aliphatic rings. The third-order valence-corrected chi connectivity index (χ3v) is 2.63. The first-order chi connectivity index (χ1) is 7.70. The van der Waals surface area contributed by atoms with E-state index in [-0.39, 0.29) is 0 Å². The standard InChI is InChI=1S/C14H16N2/c1-10-4-3-5-12(8-10)14-13(9-15)7-6-11(2)16-14/h3-8H,9,15H2,1-2H3. The van der Waals surface area contributed by atoms with E-state index in [0.717, 1.165) is 22.5 Å². The number of benzene rings is 1. The lowest BCUT2D eigenvalue weighted by Gasteiger charge is -2.08. The molecule has 16 heavy (non-hydrogen) atoms. The molecule has 0 aliphatic carbocycles. The second kappa shape index (κ2) is 4.45. The van der Waals surface area contributed by atoms with Crippen LogP contribution in [0.25, 0.3) is 11.3 Å². The van der Waals surface area contributed by atoms with E-state index in [4.69, 9.17) is 5.73 Å². The monoisotopic (exact) mass is 212 g/mol. The van der Waals surface area contributed by atoms with Crippen molar-refractivity contribution in [3.8, 4) is 11.3 Å². The molecular formula is C14H16N2. The van der Waals surface area contributed by atoms with Crippen molar-refractivity contribution in [3.63, 3.8) is 0 Å². The van der Waals surface area contributed by atoms with Crippen molar-refractivity contribution in [2.45, 2.75) is 20.4 Å². The Balaban J connectivity index is 2.58. The molecule has 0 bridgehead atoms. The molecule has 2 aromatic rings. The van der Waals surface area contributed by atoms with E-state index < -0.39 is 0 Å². The van der Waals surface area contributed by atoms with Gasteiger partial charge in [-0.1, -0.05) is 29.8 Å². The molecule has 82 valence electrons. The number of rotatable bonds is 2.